The Labute approximate surface area is 138 Å². The molecule has 0 aliphatic rings. The van der Waals surface area contributed by atoms with Crippen LogP contribution in [-0.2, 0) is 6.54 Å². The van der Waals surface area contributed by atoms with E-state index in [0.29, 0.717) is 23.3 Å². The van der Waals surface area contributed by atoms with Crippen LogP contribution in [0.25, 0.3) is 0 Å². The van der Waals surface area contributed by atoms with Gasteiger partial charge in [0.25, 0.3) is 0 Å². The number of rotatable bonds is 4. The molecule has 0 aliphatic heterocycles. The topological polar surface area (TPSA) is 47.0 Å². The predicted molar refractivity (Wildman–Crippen MR) is 87.9 cm³/mol. The molecule has 1 heterocycles. The van der Waals surface area contributed by atoms with E-state index in [-0.39, 0.29) is 5.54 Å². The Kier molecular flexibility index (Phi) is 5.19. The van der Waals surface area contributed by atoms with Crippen molar-refractivity contribution in [1.29, 1.82) is 0 Å². The molecular formula is C15H17BrClN3O. The Hall–Kier alpha value is -1.17. The van der Waals surface area contributed by atoms with Crippen LogP contribution in [0.2, 0.25) is 5.02 Å². The molecule has 2 aromatic rings. The molecule has 0 spiro atoms. The third-order valence-electron chi connectivity index (χ3n) is 2.60. The molecule has 6 heteroatoms. The van der Waals surface area contributed by atoms with E-state index in [1.165, 1.54) is 0 Å². The zero-order chi connectivity index (χ0) is 15.5. The largest absolute Gasteiger partial charge is 0.423 e. The first-order valence-corrected chi connectivity index (χ1v) is 7.69. The summed E-state index contributed by atoms with van der Waals surface area (Å²) in [5.74, 6) is 0.625. The molecule has 0 amide bonds. The third-order valence-corrected chi connectivity index (χ3v) is 3.45. The SMILES string of the molecule is CC(C)(C)NCc1cnc(Oc2ccc(Cl)cc2Br)nc1. The van der Waals surface area contributed by atoms with Crippen molar-refractivity contribution in [1.82, 2.24) is 15.3 Å². The van der Waals surface area contributed by atoms with Gasteiger partial charge in [-0.2, -0.15) is 0 Å². The highest BCUT2D eigenvalue weighted by Crippen LogP contribution is 2.30. The van der Waals surface area contributed by atoms with E-state index in [9.17, 15) is 0 Å². The smallest absolute Gasteiger partial charge is 0.321 e. The van der Waals surface area contributed by atoms with E-state index in [2.05, 4.69) is 52.0 Å². The monoisotopic (exact) mass is 369 g/mol. The molecule has 21 heavy (non-hydrogen) atoms. The summed E-state index contributed by atoms with van der Waals surface area (Å²) in [5, 5.41) is 4.02. The van der Waals surface area contributed by atoms with Crippen molar-refractivity contribution in [3.8, 4) is 11.8 Å². The molecule has 112 valence electrons. The Balaban J connectivity index is 2.02. The summed E-state index contributed by atoms with van der Waals surface area (Å²) >= 11 is 9.28. The summed E-state index contributed by atoms with van der Waals surface area (Å²) in [6.45, 7) is 7.06. The van der Waals surface area contributed by atoms with E-state index in [4.69, 9.17) is 16.3 Å². The van der Waals surface area contributed by atoms with Gasteiger partial charge in [0.2, 0.25) is 0 Å². The summed E-state index contributed by atoms with van der Waals surface area (Å²) in [6.07, 6.45) is 3.51. The molecule has 0 atom stereocenters. The maximum absolute atomic E-state index is 5.89. The molecule has 0 radical (unpaired) electrons. The number of aromatic nitrogens is 2. The van der Waals surface area contributed by atoms with Gasteiger partial charge in [0.15, 0.2) is 0 Å². The first-order valence-electron chi connectivity index (χ1n) is 6.52. The molecule has 0 saturated carbocycles. The van der Waals surface area contributed by atoms with E-state index in [1.807, 2.05) is 0 Å². The fourth-order valence-corrected chi connectivity index (χ4v) is 2.27. The summed E-state index contributed by atoms with van der Waals surface area (Å²) in [5.41, 5.74) is 1.07. The second kappa shape index (κ2) is 6.73. The lowest BCUT2D eigenvalue weighted by atomic mass is 10.1. The van der Waals surface area contributed by atoms with Gasteiger partial charge >= 0.3 is 6.01 Å². The van der Waals surface area contributed by atoms with E-state index in [1.54, 1.807) is 30.6 Å². The average Bonchev–Trinajstić information content (AvgIpc) is 2.40. The maximum atomic E-state index is 5.89. The molecule has 0 bridgehead atoms. The fraction of sp³-hybridized carbons (Fsp3) is 0.333. The normalized spacial score (nSPS) is 11.5. The molecule has 0 fully saturated rings. The summed E-state index contributed by atoms with van der Waals surface area (Å²) < 4.78 is 6.38. The summed E-state index contributed by atoms with van der Waals surface area (Å²) in [6, 6.07) is 5.59. The van der Waals surface area contributed by atoms with Crippen LogP contribution in [0, 0.1) is 0 Å². The number of benzene rings is 1. The first kappa shape index (κ1) is 16.2. The highest BCUT2D eigenvalue weighted by atomic mass is 79.9. The molecule has 4 nitrogen and oxygen atoms in total. The minimum absolute atomic E-state index is 0.0589. The lowest BCUT2D eigenvalue weighted by molar-refractivity contribution is 0.419. The van der Waals surface area contributed by atoms with Crippen LogP contribution in [0.1, 0.15) is 26.3 Å². The highest BCUT2D eigenvalue weighted by Gasteiger charge is 2.09. The van der Waals surface area contributed by atoms with Gasteiger partial charge in [0, 0.05) is 35.1 Å². The van der Waals surface area contributed by atoms with Crippen molar-refractivity contribution < 1.29 is 4.74 Å². The van der Waals surface area contributed by atoms with Gasteiger partial charge in [-0.05, 0) is 54.9 Å². The van der Waals surface area contributed by atoms with E-state index < -0.39 is 0 Å². The third kappa shape index (κ3) is 5.26. The summed E-state index contributed by atoms with van der Waals surface area (Å²) in [4.78, 5) is 8.42. The number of hydrogen-bond donors (Lipinski definition) is 1. The Morgan fingerprint density at radius 2 is 1.90 bits per heavy atom. The molecule has 1 aromatic heterocycles. The fourth-order valence-electron chi connectivity index (χ4n) is 1.51. The van der Waals surface area contributed by atoms with Crippen LogP contribution in [0.5, 0.6) is 11.8 Å². The second-order valence-electron chi connectivity index (χ2n) is 5.65. The van der Waals surface area contributed by atoms with Crippen molar-refractivity contribution in [3.63, 3.8) is 0 Å². The molecule has 1 aromatic carbocycles. The van der Waals surface area contributed by atoms with Crippen molar-refractivity contribution in [2.75, 3.05) is 0 Å². The number of ether oxygens (including phenoxy) is 1. The van der Waals surface area contributed by atoms with Crippen LogP contribution in [0.3, 0.4) is 0 Å². The standard InChI is InChI=1S/C15H17BrClN3O/c1-15(2,3)20-9-10-7-18-14(19-8-10)21-13-5-4-11(17)6-12(13)16/h4-8,20H,9H2,1-3H3. The predicted octanol–water partition coefficient (Wildman–Crippen LogP) is 4.57. The number of nitrogens with zero attached hydrogens (tertiary/aromatic N) is 2. The van der Waals surface area contributed by atoms with Gasteiger partial charge in [0.05, 0.1) is 4.47 Å². The van der Waals surface area contributed by atoms with Crippen molar-refractivity contribution in [2.45, 2.75) is 32.9 Å². The van der Waals surface area contributed by atoms with Crippen LogP contribution in [-0.4, -0.2) is 15.5 Å². The van der Waals surface area contributed by atoms with E-state index >= 15 is 0 Å². The van der Waals surface area contributed by atoms with Crippen LogP contribution < -0.4 is 10.1 Å². The van der Waals surface area contributed by atoms with Crippen LogP contribution in [0.4, 0.5) is 0 Å². The van der Waals surface area contributed by atoms with Crippen LogP contribution in [0.15, 0.2) is 35.1 Å². The first-order chi connectivity index (χ1) is 9.83. The summed E-state index contributed by atoms with van der Waals surface area (Å²) in [7, 11) is 0. The zero-order valence-electron chi connectivity index (χ0n) is 12.2. The Morgan fingerprint density at radius 1 is 1.24 bits per heavy atom. The van der Waals surface area contributed by atoms with Crippen molar-refractivity contribution in [2.24, 2.45) is 0 Å². The lowest BCUT2D eigenvalue weighted by Gasteiger charge is -2.20. The highest BCUT2D eigenvalue weighted by molar-refractivity contribution is 9.10. The molecule has 1 N–H and O–H groups in total. The minimum Gasteiger partial charge on any atom is -0.423 e. The van der Waals surface area contributed by atoms with Gasteiger partial charge in [-0.3, -0.25) is 0 Å². The lowest BCUT2D eigenvalue weighted by Crippen LogP contribution is -2.35. The van der Waals surface area contributed by atoms with Gasteiger partial charge in [-0.1, -0.05) is 11.6 Å². The van der Waals surface area contributed by atoms with Gasteiger partial charge in [0.1, 0.15) is 5.75 Å². The quantitative estimate of drug-likeness (QED) is 0.856. The number of hydrogen-bond acceptors (Lipinski definition) is 4. The van der Waals surface area contributed by atoms with Gasteiger partial charge < -0.3 is 10.1 Å². The molecule has 0 aliphatic carbocycles. The molecule has 0 saturated heterocycles. The Morgan fingerprint density at radius 3 is 2.48 bits per heavy atom. The Bertz CT molecular complexity index is 611. The minimum atomic E-state index is 0.0589. The van der Waals surface area contributed by atoms with E-state index in [0.717, 1.165) is 10.0 Å². The molecular weight excluding hydrogens is 354 g/mol. The van der Waals surface area contributed by atoms with Gasteiger partial charge in [-0.25, -0.2) is 9.97 Å². The maximum Gasteiger partial charge on any atom is 0.321 e. The number of halogens is 2. The molecule has 0 unspecified atom stereocenters. The molecule has 2 rings (SSSR count). The second-order valence-corrected chi connectivity index (χ2v) is 6.95. The van der Waals surface area contributed by atoms with Crippen molar-refractivity contribution >= 4 is 27.5 Å². The number of nitrogens with one attached hydrogen (secondary N) is 1. The van der Waals surface area contributed by atoms with Crippen LogP contribution >= 0.6 is 27.5 Å². The average molecular weight is 371 g/mol. The zero-order valence-corrected chi connectivity index (χ0v) is 14.5. The van der Waals surface area contributed by atoms with Crippen molar-refractivity contribution in [3.05, 3.63) is 45.7 Å². The van der Waals surface area contributed by atoms with Gasteiger partial charge in [-0.15, -0.1) is 0 Å².